The lowest BCUT2D eigenvalue weighted by Gasteiger charge is -2.19. The molecule has 2 rings (SSSR count). The second-order valence-electron chi connectivity index (χ2n) is 4.91. The molecule has 1 nitrogen and oxygen atoms in total. The topological polar surface area (TPSA) is 12.0 Å². The normalized spacial score (nSPS) is 27.9. The third-order valence-corrected chi connectivity index (χ3v) is 3.48. The van der Waals surface area contributed by atoms with E-state index >= 15 is 0 Å². The summed E-state index contributed by atoms with van der Waals surface area (Å²) in [4.78, 5) is 0. The van der Waals surface area contributed by atoms with Gasteiger partial charge in [0, 0.05) is 12.1 Å². The van der Waals surface area contributed by atoms with Crippen molar-refractivity contribution in [3.63, 3.8) is 0 Å². The fourth-order valence-corrected chi connectivity index (χ4v) is 2.55. The molecule has 0 aromatic heterocycles. The van der Waals surface area contributed by atoms with E-state index in [0.29, 0.717) is 6.04 Å². The summed E-state index contributed by atoms with van der Waals surface area (Å²) in [5.41, 5.74) is 1.40. The van der Waals surface area contributed by atoms with Crippen molar-refractivity contribution < 1.29 is 0 Å². The molecule has 1 heteroatoms. The van der Waals surface area contributed by atoms with E-state index in [4.69, 9.17) is 0 Å². The van der Waals surface area contributed by atoms with Gasteiger partial charge in [0.25, 0.3) is 0 Å². The molecule has 0 heterocycles. The van der Waals surface area contributed by atoms with Crippen molar-refractivity contribution in [1.82, 2.24) is 5.32 Å². The van der Waals surface area contributed by atoms with Crippen LogP contribution in [0.5, 0.6) is 0 Å². The van der Waals surface area contributed by atoms with Gasteiger partial charge in [0.15, 0.2) is 0 Å². The van der Waals surface area contributed by atoms with Crippen LogP contribution >= 0.6 is 0 Å². The Morgan fingerprint density at radius 3 is 2.53 bits per heavy atom. The van der Waals surface area contributed by atoms with Crippen LogP contribution in [0.1, 0.15) is 44.7 Å². The van der Waals surface area contributed by atoms with Gasteiger partial charge < -0.3 is 5.32 Å². The quantitative estimate of drug-likeness (QED) is 0.792. The first-order valence-electron chi connectivity index (χ1n) is 6.06. The molecular formula is C14H21N. The Labute approximate surface area is 92.9 Å². The van der Waals surface area contributed by atoms with E-state index in [1.54, 1.807) is 0 Å². The molecule has 15 heavy (non-hydrogen) atoms. The highest BCUT2D eigenvalue weighted by atomic mass is 14.9. The van der Waals surface area contributed by atoms with Gasteiger partial charge >= 0.3 is 0 Å². The SMILES string of the molecule is CC1CCC(NC(C)c2ccccc2)C1. The molecular weight excluding hydrogens is 182 g/mol. The van der Waals surface area contributed by atoms with Crippen LogP contribution in [0.3, 0.4) is 0 Å². The van der Waals surface area contributed by atoms with Crippen LogP contribution in [0.15, 0.2) is 30.3 Å². The zero-order valence-corrected chi connectivity index (χ0v) is 9.74. The summed E-state index contributed by atoms with van der Waals surface area (Å²) in [5.74, 6) is 0.908. The predicted octanol–water partition coefficient (Wildman–Crippen LogP) is 3.53. The summed E-state index contributed by atoms with van der Waals surface area (Å²) in [7, 11) is 0. The van der Waals surface area contributed by atoms with Crippen molar-refractivity contribution in [2.75, 3.05) is 0 Å². The van der Waals surface area contributed by atoms with Gasteiger partial charge in [-0.1, -0.05) is 37.3 Å². The third-order valence-electron chi connectivity index (χ3n) is 3.48. The van der Waals surface area contributed by atoms with Crippen molar-refractivity contribution in [2.24, 2.45) is 5.92 Å². The molecule has 1 aromatic carbocycles. The molecule has 3 unspecified atom stereocenters. The van der Waals surface area contributed by atoms with Gasteiger partial charge in [0.1, 0.15) is 0 Å². The van der Waals surface area contributed by atoms with Crippen LogP contribution in [0.2, 0.25) is 0 Å². The molecule has 0 bridgehead atoms. The van der Waals surface area contributed by atoms with Gasteiger partial charge in [-0.3, -0.25) is 0 Å². The molecule has 1 N–H and O–H groups in total. The molecule has 0 spiro atoms. The minimum atomic E-state index is 0.487. The van der Waals surface area contributed by atoms with E-state index in [0.717, 1.165) is 12.0 Å². The lowest BCUT2D eigenvalue weighted by atomic mass is 10.1. The summed E-state index contributed by atoms with van der Waals surface area (Å²) >= 11 is 0. The number of benzene rings is 1. The van der Waals surface area contributed by atoms with Gasteiger partial charge in [0.05, 0.1) is 0 Å². The molecule has 0 radical (unpaired) electrons. The van der Waals surface area contributed by atoms with Crippen molar-refractivity contribution in [1.29, 1.82) is 0 Å². The molecule has 1 aliphatic carbocycles. The maximum absolute atomic E-state index is 3.73. The standard InChI is InChI=1S/C14H21N/c1-11-8-9-14(10-11)15-12(2)13-6-4-3-5-7-13/h3-7,11-12,14-15H,8-10H2,1-2H3. The first kappa shape index (κ1) is 10.7. The van der Waals surface area contributed by atoms with E-state index in [1.165, 1.54) is 24.8 Å². The van der Waals surface area contributed by atoms with Crippen LogP contribution in [0.25, 0.3) is 0 Å². The van der Waals surface area contributed by atoms with Crippen LogP contribution in [0.4, 0.5) is 0 Å². The third kappa shape index (κ3) is 2.82. The first-order chi connectivity index (χ1) is 7.25. The summed E-state index contributed by atoms with van der Waals surface area (Å²) < 4.78 is 0. The van der Waals surface area contributed by atoms with E-state index in [9.17, 15) is 0 Å². The van der Waals surface area contributed by atoms with Gasteiger partial charge in [0.2, 0.25) is 0 Å². The Balaban J connectivity index is 1.90. The summed E-state index contributed by atoms with van der Waals surface area (Å²) in [6, 6.07) is 11.9. The largest absolute Gasteiger partial charge is 0.307 e. The minimum Gasteiger partial charge on any atom is -0.307 e. The molecule has 1 saturated carbocycles. The fourth-order valence-electron chi connectivity index (χ4n) is 2.55. The Bertz CT molecular complexity index is 293. The lowest BCUT2D eigenvalue weighted by molar-refractivity contribution is 0.449. The maximum Gasteiger partial charge on any atom is 0.0294 e. The van der Waals surface area contributed by atoms with Gasteiger partial charge in [-0.25, -0.2) is 0 Å². The molecule has 0 amide bonds. The highest BCUT2D eigenvalue weighted by Gasteiger charge is 2.22. The zero-order valence-electron chi connectivity index (χ0n) is 9.74. The molecule has 3 atom stereocenters. The summed E-state index contributed by atoms with van der Waals surface area (Å²) in [6.07, 6.45) is 4.08. The van der Waals surface area contributed by atoms with E-state index in [2.05, 4.69) is 49.5 Å². The van der Waals surface area contributed by atoms with E-state index < -0.39 is 0 Å². The highest BCUT2D eigenvalue weighted by Crippen LogP contribution is 2.26. The van der Waals surface area contributed by atoms with Crippen molar-refractivity contribution >= 4 is 0 Å². The van der Waals surface area contributed by atoms with Crippen LogP contribution in [-0.4, -0.2) is 6.04 Å². The predicted molar refractivity (Wildman–Crippen MR) is 64.8 cm³/mol. The second kappa shape index (κ2) is 4.80. The first-order valence-corrected chi connectivity index (χ1v) is 6.06. The number of rotatable bonds is 3. The maximum atomic E-state index is 3.73. The summed E-state index contributed by atoms with van der Waals surface area (Å²) in [6.45, 7) is 4.62. The van der Waals surface area contributed by atoms with Gasteiger partial charge in [-0.15, -0.1) is 0 Å². The molecule has 1 fully saturated rings. The van der Waals surface area contributed by atoms with Crippen molar-refractivity contribution in [3.05, 3.63) is 35.9 Å². The monoisotopic (exact) mass is 203 g/mol. The van der Waals surface area contributed by atoms with Crippen molar-refractivity contribution in [3.8, 4) is 0 Å². The fraction of sp³-hybridized carbons (Fsp3) is 0.571. The Hall–Kier alpha value is -0.820. The Morgan fingerprint density at radius 1 is 1.20 bits per heavy atom. The molecule has 0 saturated heterocycles. The highest BCUT2D eigenvalue weighted by molar-refractivity contribution is 5.18. The van der Waals surface area contributed by atoms with Gasteiger partial charge in [-0.05, 0) is 37.7 Å². The van der Waals surface area contributed by atoms with Crippen LogP contribution in [0, 0.1) is 5.92 Å². The molecule has 1 aromatic rings. The van der Waals surface area contributed by atoms with Crippen LogP contribution < -0.4 is 5.32 Å². The van der Waals surface area contributed by atoms with E-state index in [1.807, 2.05) is 0 Å². The lowest BCUT2D eigenvalue weighted by Crippen LogP contribution is -2.29. The van der Waals surface area contributed by atoms with Crippen molar-refractivity contribution in [2.45, 2.75) is 45.2 Å². The average molecular weight is 203 g/mol. The smallest absolute Gasteiger partial charge is 0.0294 e. The van der Waals surface area contributed by atoms with E-state index in [-0.39, 0.29) is 0 Å². The molecule has 82 valence electrons. The molecule has 1 aliphatic rings. The Morgan fingerprint density at radius 2 is 1.93 bits per heavy atom. The number of nitrogens with one attached hydrogen (secondary N) is 1. The Kier molecular flexibility index (Phi) is 3.42. The van der Waals surface area contributed by atoms with Gasteiger partial charge in [-0.2, -0.15) is 0 Å². The zero-order chi connectivity index (χ0) is 10.7. The number of hydrogen-bond donors (Lipinski definition) is 1. The second-order valence-corrected chi connectivity index (χ2v) is 4.91. The average Bonchev–Trinajstić information content (AvgIpc) is 2.65. The molecule has 0 aliphatic heterocycles. The summed E-state index contributed by atoms with van der Waals surface area (Å²) in [5, 5.41) is 3.73. The van der Waals surface area contributed by atoms with Crippen LogP contribution in [-0.2, 0) is 0 Å². The minimum absolute atomic E-state index is 0.487. The number of hydrogen-bond acceptors (Lipinski definition) is 1.